The molecule has 2 rings (SSSR count). The summed E-state index contributed by atoms with van der Waals surface area (Å²) in [4.78, 5) is 14.6. The second-order valence-corrected chi connectivity index (χ2v) is 5.25. The van der Waals surface area contributed by atoms with E-state index >= 15 is 0 Å². The van der Waals surface area contributed by atoms with Crippen molar-refractivity contribution in [3.8, 4) is 0 Å². The highest BCUT2D eigenvalue weighted by Crippen LogP contribution is 2.30. The van der Waals surface area contributed by atoms with Crippen LogP contribution in [0.15, 0.2) is 24.3 Å². The summed E-state index contributed by atoms with van der Waals surface area (Å²) in [7, 11) is 0. The van der Waals surface area contributed by atoms with E-state index in [0.717, 1.165) is 25.8 Å². The third-order valence-corrected chi connectivity index (χ3v) is 4.25. The number of hydrogen-bond donors (Lipinski definition) is 1. The average molecular weight is 260 g/mol. The Kier molecular flexibility index (Phi) is 4.59. The smallest absolute Gasteiger partial charge is 0.226 e. The lowest BCUT2D eigenvalue weighted by atomic mass is 9.90. The van der Waals surface area contributed by atoms with Crippen molar-refractivity contribution < 1.29 is 4.79 Å². The highest BCUT2D eigenvalue weighted by Gasteiger charge is 2.32. The van der Waals surface area contributed by atoms with Gasteiger partial charge in [0.25, 0.3) is 0 Å². The molecule has 0 saturated carbocycles. The fraction of sp³-hybridized carbons (Fsp3) is 0.562. The Bertz CT molecular complexity index is 440. The third-order valence-electron chi connectivity index (χ3n) is 4.25. The van der Waals surface area contributed by atoms with E-state index < -0.39 is 0 Å². The quantitative estimate of drug-likeness (QED) is 0.904. The zero-order valence-electron chi connectivity index (χ0n) is 11.9. The van der Waals surface area contributed by atoms with Crippen molar-refractivity contribution in [2.45, 2.75) is 39.2 Å². The van der Waals surface area contributed by atoms with Gasteiger partial charge in [0.15, 0.2) is 0 Å². The number of hydrogen-bond acceptors (Lipinski definition) is 2. The molecule has 1 unspecified atom stereocenters. The van der Waals surface area contributed by atoms with Gasteiger partial charge in [-0.15, -0.1) is 0 Å². The molecule has 3 heteroatoms. The predicted molar refractivity (Wildman–Crippen MR) is 77.7 cm³/mol. The molecule has 1 amide bonds. The van der Waals surface area contributed by atoms with Crippen molar-refractivity contribution in [2.24, 2.45) is 11.7 Å². The third kappa shape index (κ3) is 2.66. The monoisotopic (exact) mass is 260 g/mol. The molecular weight excluding hydrogens is 236 g/mol. The first-order valence-corrected chi connectivity index (χ1v) is 7.31. The maximum atomic E-state index is 12.6. The van der Waals surface area contributed by atoms with Crippen LogP contribution >= 0.6 is 0 Å². The molecule has 0 bridgehead atoms. The predicted octanol–water partition coefficient (Wildman–Crippen LogP) is 2.51. The molecule has 0 fully saturated rings. The molecule has 0 spiro atoms. The minimum Gasteiger partial charge on any atom is -0.334 e. The minimum absolute atomic E-state index is 0.0537. The van der Waals surface area contributed by atoms with Gasteiger partial charge in [0.2, 0.25) is 5.91 Å². The Hall–Kier alpha value is -1.35. The number of benzene rings is 1. The number of fused-ring (bicyclic) bond motifs is 1. The lowest BCUT2D eigenvalue weighted by molar-refractivity contribution is -0.138. The van der Waals surface area contributed by atoms with Crippen molar-refractivity contribution in [3.63, 3.8) is 0 Å². The summed E-state index contributed by atoms with van der Waals surface area (Å²) in [6.07, 6.45) is 2.76. The van der Waals surface area contributed by atoms with Gasteiger partial charge >= 0.3 is 0 Å². The number of carbonyl (C=O) groups is 1. The summed E-state index contributed by atoms with van der Waals surface area (Å²) >= 11 is 0. The van der Waals surface area contributed by atoms with Gasteiger partial charge in [-0.1, -0.05) is 38.1 Å². The Morgan fingerprint density at radius 3 is 2.68 bits per heavy atom. The number of carbonyl (C=O) groups excluding carboxylic acids is 1. The van der Waals surface area contributed by atoms with Gasteiger partial charge in [-0.25, -0.2) is 0 Å². The molecule has 0 radical (unpaired) electrons. The van der Waals surface area contributed by atoms with Crippen LogP contribution in [0.25, 0.3) is 0 Å². The van der Waals surface area contributed by atoms with E-state index in [9.17, 15) is 4.79 Å². The lowest BCUT2D eigenvalue weighted by Crippen LogP contribution is -2.45. The van der Waals surface area contributed by atoms with Crippen molar-refractivity contribution in [3.05, 3.63) is 35.4 Å². The van der Waals surface area contributed by atoms with Gasteiger partial charge in [0, 0.05) is 19.0 Å². The topological polar surface area (TPSA) is 46.3 Å². The van der Waals surface area contributed by atoms with Crippen LogP contribution in [0.2, 0.25) is 0 Å². The molecule has 19 heavy (non-hydrogen) atoms. The molecule has 0 saturated heterocycles. The standard InChI is InChI=1S/C16H24N2O/c1-3-12(4-2)16(19)18-10-9-13-7-5-6-8-14(13)15(18)11-17/h5-8,12,15H,3-4,9-11,17H2,1-2H3. The van der Waals surface area contributed by atoms with E-state index in [1.54, 1.807) is 0 Å². The van der Waals surface area contributed by atoms with E-state index in [-0.39, 0.29) is 17.9 Å². The first-order valence-electron chi connectivity index (χ1n) is 7.31. The minimum atomic E-state index is 0.0537. The fourth-order valence-corrected chi connectivity index (χ4v) is 3.04. The van der Waals surface area contributed by atoms with Crippen molar-refractivity contribution in [2.75, 3.05) is 13.1 Å². The molecule has 2 N–H and O–H groups in total. The number of rotatable bonds is 4. The Morgan fingerprint density at radius 1 is 1.37 bits per heavy atom. The molecule has 1 aromatic carbocycles. The van der Waals surface area contributed by atoms with Gasteiger partial charge in [-0.05, 0) is 30.4 Å². The van der Waals surface area contributed by atoms with Crippen molar-refractivity contribution in [1.82, 2.24) is 4.90 Å². The maximum Gasteiger partial charge on any atom is 0.226 e. The highest BCUT2D eigenvalue weighted by atomic mass is 16.2. The first kappa shape index (κ1) is 14.1. The zero-order chi connectivity index (χ0) is 13.8. The van der Waals surface area contributed by atoms with E-state index in [1.165, 1.54) is 11.1 Å². The van der Waals surface area contributed by atoms with Crippen LogP contribution in [0, 0.1) is 5.92 Å². The van der Waals surface area contributed by atoms with E-state index in [4.69, 9.17) is 5.73 Å². The van der Waals surface area contributed by atoms with Gasteiger partial charge in [-0.3, -0.25) is 4.79 Å². The molecule has 0 aromatic heterocycles. The molecule has 1 heterocycles. The number of nitrogens with zero attached hydrogens (tertiary/aromatic N) is 1. The first-order chi connectivity index (χ1) is 9.22. The van der Waals surface area contributed by atoms with Crippen molar-refractivity contribution in [1.29, 1.82) is 0 Å². The maximum absolute atomic E-state index is 12.6. The van der Waals surface area contributed by atoms with Crippen LogP contribution in [0.5, 0.6) is 0 Å². The Morgan fingerprint density at radius 2 is 2.05 bits per heavy atom. The summed E-state index contributed by atoms with van der Waals surface area (Å²) in [6.45, 7) is 5.47. The number of amides is 1. The summed E-state index contributed by atoms with van der Waals surface area (Å²) in [5, 5.41) is 0. The molecule has 0 aliphatic carbocycles. The lowest BCUT2D eigenvalue weighted by Gasteiger charge is -2.38. The van der Waals surface area contributed by atoms with Crippen molar-refractivity contribution >= 4 is 5.91 Å². The van der Waals surface area contributed by atoms with Crippen LogP contribution in [0.1, 0.15) is 43.9 Å². The van der Waals surface area contributed by atoms with Crippen LogP contribution < -0.4 is 5.73 Å². The normalized spacial score (nSPS) is 18.5. The second kappa shape index (κ2) is 6.20. The number of nitrogens with two attached hydrogens (primary N) is 1. The van der Waals surface area contributed by atoms with E-state index in [0.29, 0.717) is 6.54 Å². The largest absolute Gasteiger partial charge is 0.334 e. The van der Waals surface area contributed by atoms with Crippen LogP contribution in [0.4, 0.5) is 0 Å². The average Bonchev–Trinajstić information content (AvgIpc) is 2.47. The zero-order valence-corrected chi connectivity index (χ0v) is 11.9. The van der Waals surface area contributed by atoms with E-state index in [2.05, 4.69) is 32.0 Å². The molecule has 1 aromatic rings. The molecule has 1 atom stereocenters. The van der Waals surface area contributed by atoms with Gasteiger partial charge < -0.3 is 10.6 Å². The van der Waals surface area contributed by atoms with Crippen LogP contribution in [-0.4, -0.2) is 23.9 Å². The van der Waals surface area contributed by atoms with Gasteiger partial charge in [-0.2, -0.15) is 0 Å². The van der Waals surface area contributed by atoms with E-state index in [1.807, 2.05) is 11.0 Å². The highest BCUT2D eigenvalue weighted by molar-refractivity contribution is 5.79. The SMILES string of the molecule is CCC(CC)C(=O)N1CCc2ccccc2C1CN. The Labute approximate surface area is 115 Å². The van der Waals surface area contributed by atoms with Gasteiger partial charge in [0.05, 0.1) is 6.04 Å². The second-order valence-electron chi connectivity index (χ2n) is 5.25. The summed E-state index contributed by atoms with van der Waals surface area (Å²) in [6, 6.07) is 8.41. The Balaban J connectivity index is 2.27. The molecule has 1 aliphatic rings. The summed E-state index contributed by atoms with van der Waals surface area (Å²) < 4.78 is 0. The molecule has 104 valence electrons. The van der Waals surface area contributed by atoms with Gasteiger partial charge in [0.1, 0.15) is 0 Å². The molecule has 1 aliphatic heterocycles. The summed E-state index contributed by atoms with van der Waals surface area (Å²) in [5.41, 5.74) is 8.51. The van der Waals surface area contributed by atoms with Crippen LogP contribution in [0.3, 0.4) is 0 Å². The molecule has 3 nitrogen and oxygen atoms in total. The summed E-state index contributed by atoms with van der Waals surface area (Å²) in [5.74, 6) is 0.411. The van der Waals surface area contributed by atoms with Crippen LogP contribution in [-0.2, 0) is 11.2 Å². The fourth-order valence-electron chi connectivity index (χ4n) is 3.04. The molecular formula is C16H24N2O.